The van der Waals surface area contributed by atoms with Crippen molar-refractivity contribution < 1.29 is 9.47 Å². The van der Waals surface area contributed by atoms with Gasteiger partial charge in [-0.1, -0.05) is 13.3 Å². The van der Waals surface area contributed by atoms with E-state index in [1.165, 1.54) is 12.8 Å². The van der Waals surface area contributed by atoms with Crippen LogP contribution in [0.4, 0.5) is 0 Å². The molecule has 0 saturated heterocycles. The zero-order valence-electron chi connectivity index (χ0n) is 10.4. The van der Waals surface area contributed by atoms with Gasteiger partial charge in [-0.15, -0.1) is 0 Å². The van der Waals surface area contributed by atoms with E-state index in [2.05, 4.69) is 27.7 Å². The highest BCUT2D eigenvalue weighted by Crippen LogP contribution is 2.13. The van der Waals surface area contributed by atoms with E-state index in [-0.39, 0.29) is 5.60 Å². The molecule has 0 aromatic heterocycles. The second kappa shape index (κ2) is 7.24. The Morgan fingerprint density at radius 3 is 2.29 bits per heavy atom. The van der Waals surface area contributed by atoms with E-state index in [4.69, 9.17) is 9.47 Å². The number of hydrogen-bond donors (Lipinski definition) is 0. The summed E-state index contributed by atoms with van der Waals surface area (Å²) in [4.78, 5) is 0. The molecule has 86 valence electrons. The fraction of sp³-hybridized carbons (Fsp3) is 1.00. The fourth-order valence-electron chi connectivity index (χ4n) is 1.21. The lowest BCUT2D eigenvalue weighted by atomic mass is 10.0. The summed E-state index contributed by atoms with van der Waals surface area (Å²) in [5.74, 6) is 0.658. The van der Waals surface area contributed by atoms with E-state index in [9.17, 15) is 0 Å². The largest absolute Gasteiger partial charge is 0.385 e. The van der Waals surface area contributed by atoms with Crippen LogP contribution in [0.25, 0.3) is 0 Å². The van der Waals surface area contributed by atoms with Crippen LogP contribution in [-0.4, -0.2) is 25.9 Å². The average Bonchev–Trinajstić information content (AvgIpc) is 2.08. The summed E-state index contributed by atoms with van der Waals surface area (Å²) >= 11 is 0. The van der Waals surface area contributed by atoms with Crippen molar-refractivity contribution >= 4 is 0 Å². The van der Waals surface area contributed by atoms with Gasteiger partial charge in [0.05, 0.1) is 5.60 Å². The van der Waals surface area contributed by atoms with Crippen LogP contribution in [0, 0.1) is 5.92 Å². The van der Waals surface area contributed by atoms with Crippen LogP contribution in [0.1, 0.15) is 47.0 Å². The lowest BCUT2D eigenvalue weighted by molar-refractivity contribution is -0.0210. The molecule has 1 unspecified atom stereocenters. The maximum absolute atomic E-state index is 5.72. The number of unbranched alkanes of at least 4 members (excludes halogenated alkanes) is 1. The average molecular weight is 202 g/mol. The molecule has 0 aromatic rings. The van der Waals surface area contributed by atoms with Gasteiger partial charge in [0.15, 0.2) is 0 Å². The van der Waals surface area contributed by atoms with Crippen LogP contribution >= 0.6 is 0 Å². The number of ether oxygens (including phenoxy) is 2. The molecule has 0 rings (SSSR count). The standard InChI is InChI=1S/C12H26O2/c1-11(8-6-7-9-13-5)10-14-12(2,3)4/h11H,6-10H2,1-5H3. The van der Waals surface area contributed by atoms with Crippen molar-refractivity contribution in [3.63, 3.8) is 0 Å². The first-order valence-corrected chi connectivity index (χ1v) is 5.58. The molecule has 1 atom stereocenters. The summed E-state index contributed by atoms with van der Waals surface area (Å²) in [5, 5.41) is 0. The number of methoxy groups -OCH3 is 1. The topological polar surface area (TPSA) is 18.5 Å². The Balaban J connectivity index is 3.32. The van der Waals surface area contributed by atoms with Crippen LogP contribution < -0.4 is 0 Å². The lowest BCUT2D eigenvalue weighted by Crippen LogP contribution is -2.22. The molecule has 0 heterocycles. The molecule has 0 amide bonds. The van der Waals surface area contributed by atoms with Crippen LogP contribution in [0.5, 0.6) is 0 Å². The van der Waals surface area contributed by atoms with Gasteiger partial charge in [0.1, 0.15) is 0 Å². The zero-order valence-corrected chi connectivity index (χ0v) is 10.4. The molecule has 0 radical (unpaired) electrons. The highest BCUT2D eigenvalue weighted by Gasteiger charge is 2.12. The van der Waals surface area contributed by atoms with Gasteiger partial charge in [0.25, 0.3) is 0 Å². The second-order valence-electron chi connectivity index (χ2n) is 5.02. The highest BCUT2D eigenvalue weighted by atomic mass is 16.5. The second-order valence-corrected chi connectivity index (χ2v) is 5.02. The molecule has 0 bridgehead atoms. The Kier molecular flexibility index (Phi) is 7.20. The van der Waals surface area contributed by atoms with Crippen LogP contribution in [0.15, 0.2) is 0 Å². The molecule has 0 aromatic carbocycles. The van der Waals surface area contributed by atoms with Gasteiger partial charge in [-0.3, -0.25) is 0 Å². The summed E-state index contributed by atoms with van der Waals surface area (Å²) in [6.07, 6.45) is 3.64. The predicted octanol–water partition coefficient (Wildman–Crippen LogP) is 3.25. The molecule has 0 aliphatic heterocycles. The summed E-state index contributed by atoms with van der Waals surface area (Å²) in [6, 6.07) is 0. The summed E-state index contributed by atoms with van der Waals surface area (Å²) < 4.78 is 10.7. The monoisotopic (exact) mass is 202 g/mol. The van der Waals surface area contributed by atoms with Gasteiger partial charge in [-0.25, -0.2) is 0 Å². The fourth-order valence-corrected chi connectivity index (χ4v) is 1.21. The van der Waals surface area contributed by atoms with Gasteiger partial charge in [-0.2, -0.15) is 0 Å². The minimum Gasteiger partial charge on any atom is -0.385 e. The first-order valence-electron chi connectivity index (χ1n) is 5.58. The van der Waals surface area contributed by atoms with Crippen LogP contribution in [-0.2, 0) is 9.47 Å². The van der Waals surface area contributed by atoms with Gasteiger partial charge in [0.2, 0.25) is 0 Å². The smallest absolute Gasteiger partial charge is 0.0598 e. The molecule has 0 aliphatic carbocycles. The third-order valence-corrected chi connectivity index (χ3v) is 2.10. The zero-order chi connectivity index (χ0) is 11.0. The maximum Gasteiger partial charge on any atom is 0.0598 e. The molecule has 2 nitrogen and oxygen atoms in total. The van der Waals surface area contributed by atoms with Crippen LogP contribution in [0.2, 0.25) is 0 Å². The highest BCUT2D eigenvalue weighted by molar-refractivity contribution is 4.61. The SMILES string of the molecule is COCCCCC(C)COC(C)(C)C. The molecule has 14 heavy (non-hydrogen) atoms. The lowest BCUT2D eigenvalue weighted by Gasteiger charge is -2.22. The third kappa shape index (κ3) is 10.0. The molecular formula is C12H26O2. The first kappa shape index (κ1) is 13.9. The van der Waals surface area contributed by atoms with Gasteiger partial charge < -0.3 is 9.47 Å². The third-order valence-electron chi connectivity index (χ3n) is 2.10. The van der Waals surface area contributed by atoms with E-state index in [0.29, 0.717) is 5.92 Å². The van der Waals surface area contributed by atoms with Gasteiger partial charge in [0, 0.05) is 20.3 Å². The molecule has 0 aliphatic rings. The van der Waals surface area contributed by atoms with Crippen LogP contribution in [0.3, 0.4) is 0 Å². The summed E-state index contributed by atoms with van der Waals surface area (Å²) in [7, 11) is 1.76. The van der Waals surface area contributed by atoms with Crippen molar-refractivity contribution in [2.75, 3.05) is 20.3 Å². The Labute approximate surface area is 89.0 Å². The van der Waals surface area contributed by atoms with E-state index in [1.54, 1.807) is 7.11 Å². The number of rotatable bonds is 7. The van der Waals surface area contributed by atoms with E-state index >= 15 is 0 Å². The van der Waals surface area contributed by atoms with Gasteiger partial charge >= 0.3 is 0 Å². The van der Waals surface area contributed by atoms with Crippen molar-refractivity contribution in [2.45, 2.75) is 52.6 Å². The number of hydrogen-bond acceptors (Lipinski definition) is 2. The van der Waals surface area contributed by atoms with Crippen molar-refractivity contribution in [1.82, 2.24) is 0 Å². The molecule has 0 saturated carbocycles. The maximum atomic E-state index is 5.72. The summed E-state index contributed by atoms with van der Waals surface area (Å²) in [6.45, 7) is 10.3. The Bertz CT molecular complexity index is 127. The predicted molar refractivity (Wildman–Crippen MR) is 60.6 cm³/mol. The molecule has 0 spiro atoms. The van der Waals surface area contributed by atoms with Crippen molar-refractivity contribution in [3.8, 4) is 0 Å². The van der Waals surface area contributed by atoms with E-state index < -0.39 is 0 Å². The van der Waals surface area contributed by atoms with E-state index in [1.807, 2.05) is 0 Å². The Morgan fingerprint density at radius 1 is 1.14 bits per heavy atom. The van der Waals surface area contributed by atoms with Crippen molar-refractivity contribution in [3.05, 3.63) is 0 Å². The molecule has 0 fully saturated rings. The molecule has 2 heteroatoms. The van der Waals surface area contributed by atoms with Crippen molar-refractivity contribution in [2.24, 2.45) is 5.92 Å². The Morgan fingerprint density at radius 2 is 1.79 bits per heavy atom. The first-order chi connectivity index (χ1) is 6.45. The van der Waals surface area contributed by atoms with Crippen molar-refractivity contribution in [1.29, 1.82) is 0 Å². The minimum absolute atomic E-state index is 0.000783. The molecular weight excluding hydrogens is 176 g/mol. The quantitative estimate of drug-likeness (QED) is 0.590. The molecule has 0 N–H and O–H groups in total. The summed E-state index contributed by atoms with van der Waals surface area (Å²) in [5.41, 5.74) is 0.000783. The Hall–Kier alpha value is -0.0800. The minimum atomic E-state index is 0.000783. The van der Waals surface area contributed by atoms with E-state index in [0.717, 1.165) is 19.6 Å². The van der Waals surface area contributed by atoms with Gasteiger partial charge in [-0.05, 0) is 39.5 Å². The normalized spacial score (nSPS) is 14.4.